The third-order valence-electron chi connectivity index (χ3n) is 3.98. The van der Waals surface area contributed by atoms with E-state index in [1.807, 2.05) is 0 Å². The van der Waals surface area contributed by atoms with E-state index in [9.17, 15) is 14.0 Å². The summed E-state index contributed by atoms with van der Waals surface area (Å²) >= 11 is 0. The summed E-state index contributed by atoms with van der Waals surface area (Å²) in [5.41, 5.74) is 0.609. The SMILES string of the molecule is CC(C)CCNC(=O)Cn1cnc2c(cnn2-c2ccc(F)cc2)c1=O. The summed E-state index contributed by atoms with van der Waals surface area (Å²) in [5.74, 6) is -0.0998. The van der Waals surface area contributed by atoms with Crippen LogP contribution in [0.15, 0.2) is 41.6 Å². The van der Waals surface area contributed by atoms with Crippen molar-refractivity contribution in [3.63, 3.8) is 0 Å². The molecule has 2 aromatic heterocycles. The van der Waals surface area contributed by atoms with Gasteiger partial charge in [-0.05, 0) is 36.6 Å². The first-order valence-electron chi connectivity index (χ1n) is 8.41. The maximum atomic E-state index is 13.1. The van der Waals surface area contributed by atoms with Gasteiger partial charge in [0.2, 0.25) is 5.91 Å². The molecule has 2 heterocycles. The molecule has 8 heteroatoms. The van der Waals surface area contributed by atoms with Gasteiger partial charge in [-0.3, -0.25) is 14.2 Å². The Hall–Kier alpha value is -3.03. The second kappa shape index (κ2) is 7.47. The smallest absolute Gasteiger partial charge is 0.264 e. The van der Waals surface area contributed by atoms with E-state index in [0.717, 1.165) is 6.42 Å². The number of nitrogens with one attached hydrogen (secondary N) is 1. The number of carbonyl (C=O) groups is 1. The lowest BCUT2D eigenvalue weighted by atomic mass is 10.1. The van der Waals surface area contributed by atoms with Gasteiger partial charge >= 0.3 is 0 Å². The summed E-state index contributed by atoms with van der Waals surface area (Å²) in [7, 11) is 0. The van der Waals surface area contributed by atoms with Gasteiger partial charge in [0.1, 0.15) is 24.1 Å². The Morgan fingerprint density at radius 2 is 2.00 bits per heavy atom. The standard InChI is InChI=1S/C18H20FN5O2/c1-12(2)7-8-20-16(25)10-23-11-21-17-15(18(23)26)9-22-24(17)14-5-3-13(19)4-6-14/h3-6,9,11-12H,7-8,10H2,1-2H3,(H,20,25). The number of carbonyl (C=O) groups excluding carboxylic acids is 1. The quantitative estimate of drug-likeness (QED) is 0.730. The minimum Gasteiger partial charge on any atom is -0.355 e. The van der Waals surface area contributed by atoms with Crippen molar-refractivity contribution in [2.75, 3.05) is 6.54 Å². The van der Waals surface area contributed by atoms with Crippen LogP contribution >= 0.6 is 0 Å². The molecule has 0 fully saturated rings. The maximum Gasteiger partial charge on any atom is 0.264 e. The van der Waals surface area contributed by atoms with Crippen LogP contribution in [-0.2, 0) is 11.3 Å². The third kappa shape index (κ3) is 3.79. The van der Waals surface area contributed by atoms with E-state index in [-0.39, 0.29) is 23.8 Å². The van der Waals surface area contributed by atoms with Crippen molar-refractivity contribution < 1.29 is 9.18 Å². The molecule has 0 spiro atoms. The topological polar surface area (TPSA) is 81.8 Å². The van der Waals surface area contributed by atoms with Crippen LogP contribution < -0.4 is 10.9 Å². The predicted molar refractivity (Wildman–Crippen MR) is 95.5 cm³/mol. The summed E-state index contributed by atoms with van der Waals surface area (Å²) in [6, 6.07) is 5.73. The third-order valence-corrected chi connectivity index (χ3v) is 3.98. The molecular formula is C18H20FN5O2. The lowest BCUT2D eigenvalue weighted by Crippen LogP contribution is -2.33. The highest BCUT2D eigenvalue weighted by atomic mass is 19.1. The molecule has 0 aliphatic heterocycles. The highest BCUT2D eigenvalue weighted by Gasteiger charge is 2.13. The molecule has 3 rings (SSSR count). The van der Waals surface area contributed by atoms with Crippen LogP contribution in [0.1, 0.15) is 20.3 Å². The van der Waals surface area contributed by atoms with E-state index in [1.165, 1.54) is 33.9 Å². The van der Waals surface area contributed by atoms with Gasteiger partial charge in [0.05, 0.1) is 11.9 Å². The van der Waals surface area contributed by atoms with E-state index in [2.05, 4.69) is 29.2 Å². The lowest BCUT2D eigenvalue weighted by molar-refractivity contribution is -0.121. The number of benzene rings is 1. The van der Waals surface area contributed by atoms with Crippen molar-refractivity contribution >= 4 is 16.9 Å². The van der Waals surface area contributed by atoms with Gasteiger partial charge < -0.3 is 5.32 Å². The van der Waals surface area contributed by atoms with Crippen LogP contribution in [0.4, 0.5) is 4.39 Å². The molecule has 1 amide bonds. The van der Waals surface area contributed by atoms with Crippen LogP contribution in [0.25, 0.3) is 16.7 Å². The molecule has 136 valence electrons. The number of halogens is 1. The van der Waals surface area contributed by atoms with Crippen LogP contribution in [0.3, 0.4) is 0 Å². The van der Waals surface area contributed by atoms with Gasteiger partial charge in [0.15, 0.2) is 5.65 Å². The Bertz CT molecular complexity index is 975. The average molecular weight is 357 g/mol. The largest absolute Gasteiger partial charge is 0.355 e. The first-order valence-corrected chi connectivity index (χ1v) is 8.41. The molecule has 1 N–H and O–H groups in total. The number of hydrogen-bond donors (Lipinski definition) is 1. The van der Waals surface area contributed by atoms with Crippen molar-refractivity contribution in [3.8, 4) is 5.69 Å². The molecule has 3 aromatic rings. The summed E-state index contributed by atoms with van der Waals surface area (Å²) < 4.78 is 15.8. The van der Waals surface area contributed by atoms with E-state index < -0.39 is 0 Å². The number of aromatic nitrogens is 4. The van der Waals surface area contributed by atoms with Gasteiger partial charge in [0, 0.05) is 6.54 Å². The molecule has 26 heavy (non-hydrogen) atoms. The molecule has 0 aliphatic rings. The zero-order valence-electron chi connectivity index (χ0n) is 14.6. The normalized spacial score (nSPS) is 11.2. The van der Waals surface area contributed by atoms with E-state index in [1.54, 1.807) is 12.1 Å². The Morgan fingerprint density at radius 3 is 2.69 bits per heavy atom. The fourth-order valence-corrected chi connectivity index (χ4v) is 2.54. The van der Waals surface area contributed by atoms with Crippen molar-refractivity contribution in [3.05, 3.63) is 53.0 Å². The van der Waals surface area contributed by atoms with Crippen molar-refractivity contribution in [2.45, 2.75) is 26.8 Å². The number of rotatable bonds is 6. The van der Waals surface area contributed by atoms with E-state index in [0.29, 0.717) is 29.2 Å². The number of hydrogen-bond acceptors (Lipinski definition) is 4. The number of fused-ring (bicyclic) bond motifs is 1. The average Bonchev–Trinajstić information content (AvgIpc) is 3.02. The number of amides is 1. The molecular weight excluding hydrogens is 337 g/mol. The maximum absolute atomic E-state index is 13.1. The van der Waals surface area contributed by atoms with Crippen molar-refractivity contribution in [2.24, 2.45) is 5.92 Å². The molecule has 0 radical (unpaired) electrons. The van der Waals surface area contributed by atoms with Crippen LogP contribution in [0, 0.1) is 11.7 Å². The molecule has 0 atom stereocenters. The highest BCUT2D eigenvalue weighted by molar-refractivity contribution is 5.77. The summed E-state index contributed by atoms with van der Waals surface area (Å²) in [4.78, 5) is 28.8. The van der Waals surface area contributed by atoms with Crippen molar-refractivity contribution in [1.82, 2.24) is 24.6 Å². The molecule has 1 aromatic carbocycles. The minimum absolute atomic E-state index is 0.0956. The number of nitrogens with zero attached hydrogens (tertiary/aromatic N) is 4. The highest BCUT2D eigenvalue weighted by Crippen LogP contribution is 2.14. The Labute approximate surface area is 149 Å². The van der Waals surface area contributed by atoms with Gasteiger partial charge in [-0.1, -0.05) is 13.8 Å². The molecule has 0 bridgehead atoms. The van der Waals surface area contributed by atoms with Gasteiger partial charge in [-0.25, -0.2) is 14.1 Å². The van der Waals surface area contributed by atoms with E-state index >= 15 is 0 Å². The predicted octanol–water partition coefficient (Wildman–Crippen LogP) is 1.88. The fourth-order valence-electron chi connectivity index (χ4n) is 2.54. The molecule has 0 saturated carbocycles. The van der Waals surface area contributed by atoms with E-state index in [4.69, 9.17) is 0 Å². The minimum atomic E-state index is -0.357. The Balaban J connectivity index is 1.82. The molecule has 0 unspecified atom stereocenters. The fraction of sp³-hybridized carbons (Fsp3) is 0.333. The summed E-state index contributed by atoms with van der Waals surface area (Å²) in [6.45, 7) is 4.63. The zero-order chi connectivity index (χ0) is 18.7. The van der Waals surface area contributed by atoms with Gasteiger partial charge in [0.25, 0.3) is 5.56 Å². The molecule has 0 aliphatic carbocycles. The second-order valence-electron chi connectivity index (χ2n) is 6.48. The van der Waals surface area contributed by atoms with Crippen LogP contribution in [-0.4, -0.2) is 31.8 Å². The molecule has 7 nitrogen and oxygen atoms in total. The lowest BCUT2D eigenvalue weighted by Gasteiger charge is -2.09. The first-order chi connectivity index (χ1) is 12.5. The second-order valence-corrected chi connectivity index (χ2v) is 6.48. The van der Waals surface area contributed by atoms with Gasteiger partial charge in [-0.15, -0.1) is 0 Å². The summed E-state index contributed by atoms with van der Waals surface area (Å²) in [6.07, 6.45) is 3.61. The monoisotopic (exact) mass is 357 g/mol. The Morgan fingerprint density at radius 1 is 1.27 bits per heavy atom. The first kappa shape index (κ1) is 17.8. The molecule has 0 saturated heterocycles. The van der Waals surface area contributed by atoms with Crippen LogP contribution in [0.2, 0.25) is 0 Å². The van der Waals surface area contributed by atoms with Gasteiger partial charge in [-0.2, -0.15) is 5.10 Å². The zero-order valence-corrected chi connectivity index (χ0v) is 14.6. The van der Waals surface area contributed by atoms with Crippen LogP contribution in [0.5, 0.6) is 0 Å². The van der Waals surface area contributed by atoms with Crippen molar-refractivity contribution in [1.29, 1.82) is 0 Å². The Kier molecular flexibility index (Phi) is 5.11. The summed E-state index contributed by atoms with van der Waals surface area (Å²) in [5, 5.41) is 7.25.